The number of amides is 1. The van der Waals surface area contributed by atoms with Gasteiger partial charge in [-0.1, -0.05) is 37.6 Å². The van der Waals surface area contributed by atoms with Crippen molar-refractivity contribution in [1.82, 2.24) is 5.32 Å². The topological polar surface area (TPSA) is 87.7 Å². The molecular formula is C15H21N3O2. The van der Waals surface area contributed by atoms with Gasteiger partial charge in [-0.25, -0.2) is 0 Å². The molecule has 20 heavy (non-hydrogen) atoms. The van der Waals surface area contributed by atoms with E-state index in [1.807, 2.05) is 0 Å². The number of benzene rings is 1. The molecule has 1 aromatic rings. The second kappa shape index (κ2) is 5.53. The molecular weight excluding hydrogens is 254 g/mol. The number of hydrogen-bond acceptors (Lipinski definition) is 3. The molecule has 1 aliphatic carbocycles. The normalized spacial score (nSPS) is 21.7. The van der Waals surface area contributed by atoms with Crippen LogP contribution in [0, 0.1) is 5.41 Å². The third kappa shape index (κ3) is 2.92. The smallest absolute Gasteiger partial charge is 0.251 e. The largest absolute Gasteiger partial charge is 0.409 e. The lowest BCUT2D eigenvalue weighted by molar-refractivity contribution is 0.0910. The Bertz CT molecular complexity index is 538. The van der Waals surface area contributed by atoms with E-state index < -0.39 is 0 Å². The first kappa shape index (κ1) is 14.4. The van der Waals surface area contributed by atoms with Crippen LogP contribution in [0.1, 0.15) is 49.0 Å². The summed E-state index contributed by atoms with van der Waals surface area (Å²) in [5.41, 5.74) is 6.73. The number of rotatable bonds is 3. The monoisotopic (exact) mass is 275 g/mol. The molecule has 1 fully saturated rings. The molecule has 1 unspecified atom stereocenters. The molecule has 1 saturated carbocycles. The van der Waals surface area contributed by atoms with Gasteiger partial charge in [0, 0.05) is 17.2 Å². The summed E-state index contributed by atoms with van der Waals surface area (Å²) in [7, 11) is 0. The Morgan fingerprint density at radius 3 is 2.75 bits per heavy atom. The summed E-state index contributed by atoms with van der Waals surface area (Å²) in [4.78, 5) is 12.3. The number of carbonyl (C=O) groups excluding carboxylic acids is 1. The van der Waals surface area contributed by atoms with Gasteiger partial charge in [-0.05, 0) is 30.4 Å². The molecule has 0 radical (unpaired) electrons. The molecule has 5 heteroatoms. The van der Waals surface area contributed by atoms with Crippen LogP contribution in [0.3, 0.4) is 0 Å². The number of nitrogens with zero attached hydrogens (tertiary/aromatic N) is 1. The second-order valence-electron chi connectivity index (χ2n) is 5.97. The van der Waals surface area contributed by atoms with Crippen LogP contribution in [0.25, 0.3) is 0 Å². The van der Waals surface area contributed by atoms with Crippen LogP contribution in [-0.4, -0.2) is 23.0 Å². The van der Waals surface area contributed by atoms with E-state index in [9.17, 15) is 4.79 Å². The second-order valence-corrected chi connectivity index (χ2v) is 5.97. The molecule has 108 valence electrons. The summed E-state index contributed by atoms with van der Waals surface area (Å²) in [5, 5.41) is 14.7. The standard InChI is InChI=1S/C15H21N3O2/c1-15(2)8-4-7-12(15)17-14(19)11-6-3-5-10(9-11)13(16)18-20/h3,5-6,9,12,20H,4,7-8H2,1-2H3,(H2,16,18)(H,17,19). The molecule has 1 aliphatic rings. The molecule has 0 heterocycles. The lowest BCUT2D eigenvalue weighted by Crippen LogP contribution is -2.41. The number of nitrogens with one attached hydrogen (secondary N) is 1. The van der Waals surface area contributed by atoms with Gasteiger partial charge in [-0.15, -0.1) is 0 Å². The van der Waals surface area contributed by atoms with Crippen molar-refractivity contribution in [3.63, 3.8) is 0 Å². The van der Waals surface area contributed by atoms with E-state index in [2.05, 4.69) is 24.3 Å². The molecule has 1 atom stereocenters. The van der Waals surface area contributed by atoms with Crippen molar-refractivity contribution in [2.45, 2.75) is 39.2 Å². The molecule has 1 amide bonds. The molecule has 0 bridgehead atoms. The minimum Gasteiger partial charge on any atom is -0.409 e. The Morgan fingerprint density at radius 2 is 2.15 bits per heavy atom. The first-order valence-corrected chi connectivity index (χ1v) is 6.83. The Morgan fingerprint density at radius 1 is 1.45 bits per heavy atom. The van der Waals surface area contributed by atoms with Crippen molar-refractivity contribution in [1.29, 1.82) is 0 Å². The van der Waals surface area contributed by atoms with Gasteiger partial charge < -0.3 is 16.3 Å². The zero-order valence-electron chi connectivity index (χ0n) is 11.9. The highest BCUT2D eigenvalue weighted by Gasteiger charge is 2.35. The van der Waals surface area contributed by atoms with Crippen LogP contribution in [0.15, 0.2) is 29.4 Å². The molecule has 0 aromatic heterocycles. The SMILES string of the molecule is CC1(C)CCCC1NC(=O)c1cccc(C(N)=NO)c1. The fraction of sp³-hybridized carbons (Fsp3) is 0.467. The van der Waals surface area contributed by atoms with E-state index in [0.717, 1.165) is 19.3 Å². The maximum Gasteiger partial charge on any atom is 0.251 e. The van der Waals surface area contributed by atoms with E-state index in [1.165, 1.54) is 0 Å². The number of amidine groups is 1. The van der Waals surface area contributed by atoms with Crippen molar-refractivity contribution in [2.75, 3.05) is 0 Å². The fourth-order valence-electron chi connectivity index (χ4n) is 2.71. The van der Waals surface area contributed by atoms with Gasteiger partial charge in [0.05, 0.1) is 0 Å². The molecule has 5 nitrogen and oxygen atoms in total. The Labute approximate surface area is 118 Å². The molecule has 0 aliphatic heterocycles. The lowest BCUT2D eigenvalue weighted by Gasteiger charge is -2.27. The maximum absolute atomic E-state index is 12.3. The summed E-state index contributed by atoms with van der Waals surface area (Å²) >= 11 is 0. The third-order valence-corrected chi connectivity index (χ3v) is 4.09. The fourth-order valence-corrected chi connectivity index (χ4v) is 2.71. The molecule has 1 aromatic carbocycles. The van der Waals surface area contributed by atoms with Crippen molar-refractivity contribution < 1.29 is 10.0 Å². The highest BCUT2D eigenvalue weighted by Crippen LogP contribution is 2.37. The van der Waals surface area contributed by atoms with Gasteiger partial charge in [-0.3, -0.25) is 4.79 Å². The van der Waals surface area contributed by atoms with E-state index in [0.29, 0.717) is 11.1 Å². The zero-order valence-corrected chi connectivity index (χ0v) is 11.9. The highest BCUT2D eigenvalue weighted by atomic mass is 16.4. The van der Waals surface area contributed by atoms with E-state index >= 15 is 0 Å². The first-order valence-electron chi connectivity index (χ1n) is 6.83. The number of oxime groups is 1. The maximum atomic E-state index is 12.3. The van der Waals surface area contributed by atoms with Crippen LogP contribution < -0.4 is 11.1 Å². The van der Waals surface area contributed by atoms with E-state index in [-0.39, 0.29) is 23.2 Å². The summed E-state index contributed by atoms with van der Waals surface area (Å²) < 4.78 is 0. The van der Waals surface area contributed by atoms with E-state index in [4.69, 9.17) is 10.9 Å². The predicted molar refractivity (Wildman–Crippen MR) is 77.8 cm³/mol. The van der Waals surface area contributed by atoms with Crippen molar-refractivity contribution in [3.05, 3.63) is 35.4 Å². The molecule has 2 rings (SSSR count). The van der Waals surface area contributed by atoms with Crippen LogP contribution in [0.5, 0.6) is 0 Å². The van der Waals surface area contributed by atoms with Gasteiger partial charge in [-0.2, -0.15) is 0 Å². The zero-order chi connectivity index (χ0) is 14.8. The summed E-state index contributed by atoms with van der Waals surface area (Å²) in [6, 6.07) is 6.98. The Balaban J connectivity index is 2.14. The van der Waals surface area contributed by atoms with Crippen molar-refractivity contribution >= 4 is 11.7 Å². The molecule has 0 spiro atoms. The highest BCUT2D eigenvalue weighted by molar-refractivity contribution is 6.01. The van der Waals surface area contributed by atoms with Crippen LogP contribution in [-0.2, 0) is 0 Å². The van der Waals surface area contributed by atoms with Crippen LogP contribution >= 0.6 is 0 Å². The van der Waals surface area contributed by atoms with Crippen molar-refractivity contribution in [2.24, 2.45) is 16.3 Å². The predicted octanol–water partition coefficient (Wildman–Crippen LogP) is 2.09. The summed E-state index contributed by atoms with van der Waals surface area (Å²) in [6.45, 7) is 4.36. The average molecular weight is 275 g/mol. The quantitative estimate of drug-likeness (QED) is 0.341. The first-order chi connectivity index (χ1) is 9.44. The number of nitrogens with two attached hydrogens (primary N) is 1. The van der Waals surface area contributed by atoms with Gasteiger partial charge in [0.25, 0.3) is 5.91 Å². The minimum absolute atomic E-state index is 0.000784. The Kier molecular flexibility index (Phi) is 3.97. The number of carbonyl (C=O) groups is 1. The van der Waals surface area contributed by atoms with Crippen LogP contribution in [0.2, 0.25) is 0 Å². The summed E-state index contributed by atoms with van der Waals surface area (Å²) in [5.74, 6) is -0.113. The van der Waals surface area contributed by atoms with Crippen LogP contribution in [0.4, 0.5) is 0 Å². The third-order valence-electron chi connectivity index (χ3n) is 4.09. The number of hydrogen-bond donors (Lipinski definition) is 3. The minimum atomic E-state index is -0.113. The summed E-state index contributed by atoms with van der Waals surface area (Å²) in [6.07, 6.45) is 3.28. The van der Waals surface area contributed by atoms with Gasteiger partial charge >= 0.3 is 0 Å². The van der Waals surface area contributed by atoms with Gasteiger partial charge in [0.2, 0.25) is 0 Å². The van der Waals surface area contributed by atoms with E-state index in [1.54, 1.807) is 24.3 Å². The van der Waals surface area contributed by atoms with Gasteiger partial charge in [0.15, 0.2) is 5.84 Å². The Hall–Kier alpha value is -2.04. The van der Waals surface area contributed by atoms with Crippen molar-refractivity contribution in [3.8, 4) is 0 Å². The molecule has 4 N–H and O–H groups in total. The lowest BCUT2D eigenvalue weighted by atomic mass is 9.87. The average Bonchev–Trinajstić information content (AvgIpc) is 2.77. The molecule has 0 saturated heterocycles. The van der Waals surface area contributed by atoms with Gasteiger partial charge in [0.1, 0.15) is 0 Å².